The summed E-state index contributed by atoms with van der Waals surface area (Å²) < 4.78 is 39.3. The Morgan fingerprint density at radius 1 is 1.31 bits per heavy atom. The number of nitrogens with zero attached hydrogens (tertiary/aromatic N) is 2. The fraction of sp³-hybridized carbons (Fsp3) is 0.500. The molecule has 2 atom stereocenters. The molecule has 1 amide bonds. The minimum atomic E-state index is -2.93. The lowest BCUT2D eigenvalue weighted by atomic mass is 10.1. The first-order chi connectivity index (χ1) is 13.9. The molecular weight excluding hydrogens is 418 g/mol. The number of sulfone groups is 1. The van der Waals surface area contributed by atoms with Crippen LogP contribution in [-0.4, -0.2) is 48.1 Å². The second-order valence-electron chi connectivity index (χ2n) is 7.10. The number of ether oxygens (including phenoxy) is 2. The SMILES string of the molecule is C[C@H](Sc1nnc(C[C@@H]2CCS(=O)(=O)C2)o1)C(=O)NCc1ccc2c(c1)OCO2. The number of aromatic nitrogens is 2. The van der Waals surface area contributed by atoms with Crippen molar-refractivity contribution in [1.29, 1.82) is 0 Å². The number of nitrogens with one attached hydrogen (secondary N) is 1. The van der Waals surface area contributed by atoms with E-state index in [1.165, 1.54) is 11.8 Å². The molecule has 1 saturated heterocycles. The summed E-state index contributed by atoms with van der Waals surface area (Å²) in [6, 6.07) is 5.53. The molecule has 0 bridgehead atoms. The Kier molecular flexibility index (Phi) is 5.68. The first-order valence-electron chi connectivity index (χ1n) is 9.24. The topological polar surface area (TPSA) is 121 Å². The third kappa shape index (κ3) is 5.02. The molecule has 0 saturated carbocycles. The summed E-state index contributed by atoms with van der Waals surface area (Å²) in [6.07, 6.45) is 1.06. The van der Waals surface area contributed by atoms with Gasteiger partial charge in [-0.3, -0.25) is 4.79 Å². The lowest BCUT2D eigenvalue weighted by molar-refractivity contribution is -0.120. The third-order valence-electron chi connectivity index (χ3n) is 4.79. The van der Waals surface area contributed by atoms with Crippen molar-refractivity contribution >= 4 is 27.5 Å². The molecule has 0 aliphatic carbocycles. The fourth-order valence-electron chi connectivity index (χ4n) is 3.24. The van der Waals surface area contributed by atoms with Crippen molar-refractivity contribution in [2.45, 2.75) is 36.8 Å². The normalized spacial score (nSPS) is 20.5. The summed E-state index contributed by atoms with van der Waals surface area (Å²) in [7, 11) is -2.93. The Morgan fingerprint density at radius 3 is 2.93 bits per heavy atom. The predicted molar refractivity (Wildman–Crippen MR) is 104 cm³/mol. The van der Waals surface area contributed by atoms with Crippen molar-refractivity contribution in [3.63, 3.8) is 0 Å². The Labute approximate surface area is 172 Å². The molecule has 1 aromatic carbocycles. The third-order valence-corrected chi connectivity index (χ3v) is 7.56. The molecule has 2 aliphatic rings. The van der Waals surface area contributed by atoms with Gasteiger partial charge in [0, 0.05) is 13.0 Å². The Balaban J connectivity index is 1.26. The number of hydrogen-bond donors (Lipinski definition) is 1. The highest BCUT2D eigenvalue weighted by Gasteiger charge is 2.29. The van der Waals surface area contributed by atoms with Crippen LogP contribution in [0.2, 0.25) is 0 Å². The van der Waals surface area contributed by atoms with Crippen LogP contribution >= 0.6 is 11.8 Å². The van der Waals surface area contributed by atoms with Gasteiger partial charge in [0.25, 0.3) is 5.22 Å². The number of hydrogen-bond acceptors (Lipinski definition) is 9. The first-order valence-corrected chi connectivity index (χ1v) is 11.9. The second kappa shape index (κ2) is 8.23. The minimum Gasteiger partial charge on any atom is -0.454 e. The van der Waals surface area contributed by atoms with Crippen LogP contribution in [0.15, 0.2) is 27.8 Å². The zero-order valence-corrected chi connectivity index (χ0v) is 17.4. The summed E-state index contributed by atoms with van der Waals surface area (Å²) in [4.78, 5) is 12.4. The molecule has 4 rings (SSSR count). The molecule has 9 nitrogen and oxygen atoms in total. The van der Waals surface area contributed by atoms with E-state index in [-0.39, 0.29) is 30.1 Å². The second-order valence-corrected chi connectivity index (χ2v) is 10.6. The van der Waals surface area contributed by atoms with Gasteiger partial charge in [-0.05, 0) is 37.0 Å². The Hall–Kier alpha value is -2.27. The molecule has 2 aromatic rings. The number of amides is 1. The average molecular weight is 440 g/mol. The van der Waals surface area contributed by atoms with Gasteiger partial charge in [-0.15, -0.1) is 10.2 Å². The van der Waals surface area contributed by atoms with Crippen LogP contribution in [0.5, 0.6) is 11.5 Å². The van der Waals surface area contributed by atoms with Gasteiger partial charge >= 0.3 is 0 Å². The summed E-state index contributed by atoms with van der Waals surface area (Å²) in [5.41, 5.74) is 0.909. The first kappa shape index (κ1) is 20.0. The van der Waals surface area contributed by atoms with Gasteiger partial charge in [-0.2, -0.15) is 0 Å². The molecule has 0 radical (unpaired) electrons. The van der Waals surface area contributed by atoms with Gasteiger partial charge in [0.2, 0.25) is 18.6 Å². The molecule has 1 fully saturated rings. The molecule has 1 aromatic heterocycles. The van der Waals surface area contributed by atoms with Crippen LogP contribution in [-0.2, 0) is 27.6 Å². The predicted octanol–water partition coefficient (Wildman–Crippen LogP) is 1.57. The molecule has 11 heteroatoms. The number of thioether (sulfide) groups is 1. The molecule has 1 N–H and O–H groups in total. The molecule has 29 heavy (non-hydrogen) atoms. The van der Waals surface area contributed by atoms with Crippen molar-refractivity contribution in [2.24, 2.45) is 5.92 Å². The molecule has 0 spiro atoms. The van der Waals surface area contributed by atoms with Crippen molar-refractivity contribution in [2.75, 3.05) is 18.3 Å². The van der Waals surface area contributed by atoms with Gasteiger partial charge < -0.3 is 19.2 Å². The highest BCUT2D eigenvalue weighted by molar-refractivity contribution is 8.00. The van der Waals surface area contributed by atoms with E-state index >= 15 is 0 Å². The largest absolute Gasteiger partial charge is 0.454 e. The van der Waals surface area contributed by atoms with Gasteiger partial charge in [-0.1, -0.05) is 17.8 Å². The Morgan fingerprint density at radius 2 is 2.14 bits per heavy atom. The van der Waals surface area contributed by atoms with E-state index < -0.39 is 15.1 Å². The summed E-state index contributed by atoms with van der Waals surface area (Å²) >= 11 is 1.17. The van der Waals surface area contributed by atoms with E-state index in [1.54, 1.807) is 6.92 Å². The van der Waals surface area contributed by atoms with Crippen LogP contribution in [0.1, 0.15) is 24.8 Å². The molecule has 0 unspecified atom stereocenters. The van der Waals surface area contributed by atoms with Crippen LogP contribution in [0.4, 0.5) is 0 Å². The fourth-order valence-corrected chi connectivity index (χ4v) is 5.82. The van der Waals surface area contributed by atoms with Crippen LogP contribution < -0.4 is 14.8 Å². The van der Waals surface area contributed by atoms with Gasteiger partial charge in [0.1, 0.15) is 0 Å². The van der Waals surface area contributed by atoms with Crippen LogP contribution in [0.25, 0.3) is 0 Å². The summed E-state index contributed by atoms with van der Waals surface area (Å²) in [5, 5.41) is 10.7. The van der Waals surface area contributed by atoms with E-state index in [4.69, 9.17) is 13.9 Å². The van der Waals surface area contributed by atoms with Crippen molar-refractivity contribution in [3.8, 4) is 11.5 Å². The molecular formula is C18H21N3O6S2. The number of carbonyl (C=O) groups is 1. The molecule has 2 aliphatic heterocycles. The summed E-state index contributed by atoms with van der Waals surface area (Å²) in [5.74, 6) is 2.02. The number of carbonyl (C=O) groups excluding carboxylic acids is 1. The minimum absolute atomic E-state index is 0.0146. The molecule has 156 valence electrons. The van der Waals surface area contributed by atoms with Gasteiger partial charge in [-0.25, -0.2) is 8.42 Å². The summed E-state index contributed by atoms with van der Waals surface area (Å²) in [6.45, 7) is 2.33. The van der Waals surface area contributed by atoms with E-state index in [9.17, 15) is 13.2 Å². The van der Waals surface area contributed by atoms with Gasteiger partial charge in [0.15, 0.2) is 21.3 Å². The zero-order chi connectivity index (χ0) is 20.4. The lowest BCUT2D eigenvalue weighted by Crippen LogP contribution is -2.30. The van der Waals surface area contributed by atoms with Crippen molar-refractivity contribution in [1.82, 2.24) is 15.5 Å². The highest BCUT2D eigenvalue weighted by atomic mass is 32.2. The quantitative estimate of drug-likeness (QED) is 0.641. The lowest BCUT2D eigenvalue weighted by Gasteiger charge is -2.10. The van der Waals surface area contributed by atoms with E-state index in [0.29, 0.717) is 42.0 Å². The van der Waals surface area contributed by atoms with Crippen LogP contribution in [0, 0.1) is 5.92 Å². The monoisotopic (exact) mass is 439 g/mol. The number of benzene rings is 1. The zero-order valence-electron chi connectivity index (χ0n) is 15.8. The maximum Gasteiger partial charge on any atom is 0.277 e. The van der Waals surface area contributed by atoms with Crippen molar-refractivity contribution in [3.05, 3.63) is 29.7 Å². The smallest absolute Gasteiger partial charge is 0.277 e. The van der Waals surface area contributed by atoms with Gasteiger partial charge in [0.05, 0.1) is 16.8 Å². The van der Waals surface area contributed by atoms with E-state index in [1.807, 2.05) is 18.2 Å². The van der Waals surface area contributed by atoms with E-state index in [0.717, 1.165) is 5.56 Å². The van der Waals surface area contributed by atoms with E-state index in [2.05, 4.69) is 15.5 Å². The standard InChI is InChI=1S/C18H21N3O6S2/c1-11(17(22)19-8-12-2-3-14-15(6-12)26-10-25-14)28-18-21-20-16(27-18)7-13-4-5-29(23,24)9-13/h2-3,6,11,13H,4-5,7-10H2,1H3,(H,19,22)/t11-,13-/m0/s1. The van der Waals surface area contributed by atoms with Crippen molar-refractivity contribution < 1.29 is 27.1 Å². The maximum atomic E-state index is 12.4. The number of fused-ring (bicyclic) bond motifs is 1. The maximum absolute atomic E-state index is 12.4. The molecule has 3 heterocycles. The van der Waals surface area contributed by atoms with Crippen LogP contribution in [0.3, 0.4) is 0 Å². The average Bonchev–Trinajstić information content (AvgIpc) is 3.39. The number of rotatable bonds is 7. The highest BCUT2D eigenvalue weighted by Crippen LogP contribution is 2.32. The Bertz CT molecular complexity index is 1010.